The number of hydrogen-bond donors (Lipinski definition) is 2. The van der Waals surface area contributed by atoms with Crippen LogP contribution < -0.4 is 10.1 Å². The van der Waals surface area contributed by atoms with Crippen molar-refractivity contribution in [2.75, 3.05) is 12.4 Å². The Morgan fingerprint density at radius 1 is 1.50 bits per heavy atom. The smallest absolute Gasteiger partial charge is 0.257 e. The van der Waals surface area contributed by atoms with Gasteiger partial charge in [-0.3, -0.25) is 10.1 Å². The van der Waals surface area contributed by atoms with Crippen molar-refractivity contribution in [2.45, 2.75) is 6.92 Å². The lowest BCUT2D eigenvalue weighted by Gasteiger charge is -2.06. The average Bonchev–Trinajstić information content (AvgIpc) is 2.75. The molecule has 0 aliphatic heterocycles. The summed E-state index contributed by atoms with van der Waals surface area (Å²) in [7, 11) is 1.43. The molecule has 0 aliphatic carbocycles. The van der Waals surface area contributed by atoms with E-state index < -0.39 is 0 Å². The van der Waals surface area contributed by atoms with Gasteiger partial charge in [-0.25, -0.2) is 4.98 Å². The Balaban J connectivity index is 2.18. The third kappa shape index (κ3) is 2.60. The Morgan fingerprint density at radius 3 is 2.89 bits per heavy atom. The molecule has 0 bridgehead atoms. The predicted octanol–water partition coefficient (Wildman–Crippen LogP) is 2.42. The first-order chi connectivity index (χ1) is 8.60. The van der Waals surface area contributed by atoms with Crippen LogP contribution in [0.2, 0.25) is 0 Å². The lowest BCUT2D eigenvalue weighted by Crippen LogP contribution is -2.11. The highest BCUT2D eigenvalue weighted by atomic mass is 32.1. The maximum absolute atomic E-state index is 11.9. The first kappa shape index (κ1) is 12.4. The molecule has 1 aromatic heterocycles. The summed E-state index contributed by atoms with van der Waals surface area (Å²) in [5, 5.41) is 12.7. The van der Waals surface area contributed by atoms with Crippen molar-refractivity contribution in [1.82, 2.24) is 4.98 Å². The molecule has 0 spiro atoms. The number of hydrogen-bond acceptors (Lipinski definition) is 5. The van der Waals surface area contributed by atoms with E-state index >= 15 is 0 Å². The van der Waals surface area contributed by atoms with Gasteiger partial charge in [-0.1, -0.05) is 0 Å². The number of amides is 1. The number of phenols is 1. The molecule has 2 aromatic rings. The summed E-state index contributed by atoms with van der Waals surface area (Å²) >= 11 is 1.40. The minimum absolute atomic E-state index is 0.000793. The molecule has 2 N–H and O–H groups in total. The number of aromatic nitrogens is 1. The van der Waals surface area contributed by atoms with E-state index in [2.05, 4.69) is 10.3 Å². The van der Waals surface area contributed by atoms with Gasteiger partial charge in [0.25, 0.3) is 5.91 Å². The maximum Gasteiger partial charge on any atom is 0.257 e. The van der Waals surface area contributed by atoms with E-state index in [1.807, 2.05) is 6.92 Å². The van der Waals surface area contributed by atoms with Gasteiger partial charge in [-0.05, 0) is 25.1 Å². The Morgan fingerprint density at radius 2 is 2.28 bits per heavy atom. The van der Waals surface area contributed by atoms with E-state index in [0.29, 0.717) is 10.7 Å². The topological polar surface area (TPSA) is 71.5 Å². The first-order valence-electron chi connectivity index (χ1n) is 5.21. The summed E-state index contributed by atoms with van der Waals surface area (Å²) in [6.07, 6.45) is 1.69. The van der Waals surface area contributed by atoms with Crippen LogP contribution in [0.1, 0.15) is 15.2 Å². The van der Waals surface area contributed by atoms with E-state index in [4.69, 9.17) is 4.74 Å². The molecule has 0 atom stereocenters. The number of carbonyl (C=O) groups excluding carboxylic acids is 1. The van der Waals surface area contributed by atoms with Crippen molar-refractivity contribution >= 4 is 22.4 Å². The third-order valence-corrected chi connectivity index (χ3v) is 3.11. The number of carbonyl (C=O) groups is 1. The van der Waals surface area contributed by atoms with Crippen LogP contribution in [-0.4, -0.2) is 23.1 Å². The van der Waals surface area contributed by atoms with Gasteiger partial charge >= 0.3 is 0 Å². The molecule has 0 saturated heterocycles. The van der Waals surface area contributed by atoms with Crippen LogP contribution in [-0.2, 0) is 0 Å². The second-order valence-corrected chi connectivity index (χ2v) is 4.85. The van der Waals surface area contributed by atoms with Gasteiger partial charge in [0, 0.05) is 16.6 Å². The highest BCUT2D eigenvalue weighted by molar-refractivity contribution is 7.15. The first-order valence-corrected chi connectivity index (χ1v) is 6.02. The molecule has 6 heteroatoms. The number of aromatic hydroxyl groups is 1. The number of ether oxygens (including phenoxy) is 1. The maximum atomic E-state index is 11.9. The van der Waals surface area contributed by atoms with Crippen LogP contribution >= 0.6 is 11.3 Å². The van der Waals surface area contributed by atoms with Crippen molar-refractivity contribution in [2.24, 2.45) is 0 Å². The molecule has 0 saturated carbocycles. The SMILES string of the molecule is COc1cc(C(=O)Nc2ncc(C)s2)ccc1O. The number of anilines is 1. The van der Waals surface area contributed by atoms with Gasteiger partial charge in [0.2, 0.25) is 0 Å². The minimum Gasteiger partial charge on any atom is -0.504 e. The molecule has 18 heavy (non-hydrogen) atoms. The van der Waals surface area contributed by atoms with Crippen LogP contribution in [0, 0.1) is 6.92 Å². The second kappa shape index (κ2) is 5.05. The fraction of sp³-hybridized carbons (Fsp3) is 0.167. The van der Waals surface area contributed by atoms with Crippen LogP contribution in [0.15, 0.2) is 24.4 Å². The van der Waals surface area contributed by atoms with Gasteiger partial charge in [0.05, 0.1) is 7.11 Å². The molecule has 0 fully saturated rings. The van der Waals surface area contributed by atoms with E-state index in [1.54, 1.807) is 6.20 Å². The summed E-state index contributed by atoms with van der Waals surface area (Å²) in [4.78, 5) is 17.0. The van der Waals surface area contributed by atoms with E-state index in [9.17, 15) is 9.90 Å². The van der Waals surface area contributed by atoms with Crippen LogP contribution in [0.5, 0.6) is 11.5 Å². The van der Waals surface area contributed by atoms with Gasteiger partial charge in [-0.2, -0.15) is 0 Å². The number of benzene rings is 1. The summed E-state index contributed by atoms with van der Waals surface area (Å²) in [6, 6.07) is 4.42. The Hall–Kier alpha value is -2.08. The monoisotopic (exact) mass is 264 g/mol. The summed E-state index contributed by atoms with van der Waals surface area (Å²) in [6.45, 7) is 1.91. The summed E-state index contributed by atoms with van der Waals surface area (Å²) in [5.74, 6) is -0.0280. The number of nitrogens with zero attached hydrogens (tertiary/aromatic N) is 1. The number of nitrogens with one attached hydrogen (secondary N) is 1. The highest BCUT2D eigenvalue weighted by Crippen LogP contribution is 2.27. The number of aryl methyl sites for hydroxylation is 1. The Bertz CT molecular complexity index is 580. The molecule has 5 nitrogen and oxygen atoms in total. The standard InChI is InChI=1S/C12H12N2O3S/c1-7-6-13-12(18-7)14-11(16)8-3-4-9(15)10(5-8)17-2/h3-6,15H,1-2H3,(H,13,14,16). The zero-order valence-corrected chi connectivity index (χ0v) is 10.7. The van der Waals surface area contributed by atoms with Crippen molar-refractivity contribution in [3.8, 4) is 11.5 Å². The normalized spacial score (nSPS) is 10.1. The third-order valence-electron chi connectivity index (χ3n) is 2.28. The average molecular weight is 264 g/mol. The van der Waals surface area contributed by atoms with Crippen LogP contribution in [0.4, 0.5) is 5.13 Å². The van der Waals surface area contributed by atoms with Crippen LogP contribution in [0.25, 0.3) is 0 Å². The van der Waals surface area contributed by atoms with E-state index in [0.717, 1.165) is 4.88 Å². The van der Waals surface area contributed by atoms with E-state index in [-0.39, 0.29) is 17.4 Å². The zero-order chi connectivity index (χ0) is 13.1. The Kier molecular flexibility index (Phi) is 3.47. The largest absolute Gasteiger partial charge is 0.504 e. The lowest BCUT2D eigenvalue weighted by atomic mass is 10.2. The summed E-state index contributed by atoms with van der Waals surface area (Å²) < 4.78 is 4.95. The molecule has 1 amide bonds. The lowest BCUT2D eigenvalue weighted by molar-refractivity contribution is 0.102. The molecule has 1 heterocycles. The van der Waals surface area contributed by atoms with E-state index in [1.165, 1.54) is 36.6 Å². The van der Waals surface area contributed by atoms with Gasteiger partial charge in [0.15, 0.2) is 16.6 Å². The van der Waals surface area contributed by atoms with Gasteiger partial charge in [0.1, 0.15) is 0 Å². The predicted molar refractivity (Wildman–Crippen MR) is 69.5 cm³/mol. The molecule has 0 aliphatic rings. The molecule has 94 valence electrons. The van der Waals surface area contributed by atoms with Gasteiger partial charge in [-0.15, -0.1) is 11.3 Å². The van der Waals surface area contributed by atoms with Crippen molar-refractivity contribution in [3.05, 3.63) is 34.8 Å². The van der Waals surface area contributed by atoms with Gasteiger partial charge < -0.3 is 9.84 Å². The Labute approximate surface area is 108 Å². The molecule has 2 rings (SSSR count). The fourth-order valence-electron chi connectivity index (χ4n) is 1.40. The number of methoxy groups -OCH3 is 1. The van der Waals surface area contributed by atoms with Crippen LogP contribution in [0.3, 0.4) is 0 Å². The minimum atomic E-state index is -0.289. The number of phenolic OH excluding ortho intramolecular Hbond substituents is 1. The second-order valence-electron chi connectivity index (χ2n) is 3.62. The fourth-order valence-corrected chi connectivity index (χ4v) is 2.06. The molecule has 0 unspecified atom stereocenters. The number of thiazole rings is 1. The molecule has 1 aromatic carbocycles. The number of rotatable bonds is 3. The van der Waals surface area contributed by atoms with Crippen molar-refractivity contribution in [3.63, 3.8) is 0 Å². The molecular weight excluding hydrogens is 252 g/mol. The molecular formula is C12H12N2O3S. The quantitative estimate of drug-likeness (QED) is 0.893. The highest BCUT2D eigenvalue weighted by Gasteiger charge is 2.11. The molecule has 0 radical (unpaired) electrons. The van der Waals surface area contributed by atoms with Crippen molar-refractivity contribution in [1.29, 1.82) is 0 Å². The zero-order valence-electron chi connectivity index (χ0n) is 9.93. The summed E-state index contributed by atoms with van der Waals surface area (Å²) in [5.41, 5.74) is 0.400. The van der Waals surface area contributed by atoms with Crippen molar-refractivity contribution < 1.29 is 14.6 Å².